The smallest absolute Gasteiger partial charge is 0.449 e. The minimum Gasteiger partial charge on any atom is -0.449 e. The van der Waals surface area contributed by atoms with Crippen LogP contribution < -0.4 is 10.1 Å². The standard InChI is InChI=1S/C20H20N2O5S/c23-14(7-8-22-9-11-26-12-10-22)18-15(27-20(24)25)5-6-17-19(18)21-13-3-1-2-4-16(13)28-17/h1-6,21H,7-12H2,(H,24,25). The number of carbonyl (C=O) groups is 2. The van der Waals surface area contributed by atoms with E-state index in [2.05, 4.69) is 10.2 Å². The van der Waals surface area contributed by atoms with Gasteiger partial charge in [0.1, 0.15) is 5.75 Å². The Morgan fingerprint density at radius 2 is 1.93 bits per heavy atom. The third-order valence-corrected chi connectivity index (χ3v) is 5.87. The summed E-state index contributed by atoms with van der Waals surface area (Å²) < 4.78 is 10.3. The van der Waals surface area contributed by atoms with Crippen LogP contribution >= 0.6 is 11.8 Å². The average molecular weight is 400 g/mol. The number of hydrogen-bond donors (Lipinski definition) is 2. The maximum atomic E-state index is 13.1. The molecule has 2 aromatic carbocycles. The van der Waals surface area contributed by atoms with Gasteiger partial charge in [0.2, 0.25) is 0 Å². The van der Waals surface area contributed by atoms with Gasteiger partial charge in [0.15, 0.2) is 5.78 Å². The zero-order chi connectivity index (χ0) is 19.5. The van der Waals surface area contributed by atoms with Crippen LogP contribution in [0.3, 0.4) is 0 Å². The molecule has 2 aliphatic heterocycles. The Balaban J connectivity index is 1.63. The first-order chi connectivity index (χ1) is 13.6. The Hall–Kier alpha value is -2.55. The van der Waals surface area contributed by atoms with E-state index in [-0.39, 0.29) is 23.5 Å². The number of nitrogens with one attached hydrogen (secondary N) is 1. The highest BCUT2D eigenvalue weighted by atomic mass is 32.2. The van der Waals surface area contributed by atoms with Crippen molar-refractivity contribution in [1.82, 2.24) is 4.90 Å². The number of morpholine rings is 1. The van der Waals surface area contributed by atoms with Gasteiger partial charge in [-0.25, -0.2) is 4.79 Å². The first kappa shape index (κ1) is 18.8. The third-order valence-electron chi connectivity index (χ3n) is 4.73. The fraction of sp³-hybridized carbons (Fsp3) is 0.300. The summed E-state index contributed by atoms with van der Waals surface area (Å²) in [5.41, 5.74) is 1.78. The van der Waals surface area contributed by atoms with Gasteiger partial charge in [0.25, 0.3) is 0 Å². The zero-order valence-corrected chi connectivity index (χ0v) is 16.0. The SMILES string of the molecule is O=C(O)Oc1ccc2c(c1C(=O)CCN1CCOCC1)Nc1ccccc1S2. The van der Waals surface area contributed by atoms with Crippen molar-refractivity contribution >= 4 is 35.1 Å². The topological polar surface area (TPSA) is 88.1 Å². The highest BCUT2D eigenvalue weighted by Gasteiger charge is 2.26. The molecule has 0 amide bonds. The number of anilines is 2. The first-order valence-corrected chi connectivity index (χ1v) is 9.88. The molecule has 7 nitrogen and oxygen atoms in total. The van der Waals surface area contributed by atoms with Gasteiger partial charge in [0, 0.05) is 35.8 Å². The number of ketones is 1. The van der Waals surface area contributed by atoms with Gasteiger partial charge in [-0.1, -0.05) is 23.9 Å². The van der Waals surface area contributed by atoms with Crippen LogP contribution in [0.5, 0.6) is 5.75 Å². The fourth-order valence-corrected chi connectivity index (χ4v) is 4.35. The molecule has 0 aromatic heterocycles. The molecule has 8 heteroatoms. The van der Waals surface area contributed by atoms with Gasteiger partial charge in [-0.05, 0) is 24.3 Å². The Morgan fingerprint density at radius 1 is 1.14 bits per heavy atom. The monoisotopic (exact) mass is 400 g/mol. The van der Waals surface area contributed by atoms with Crippen LogP contribution in [0.4, 0.5) is 16.2 Å². The lowest BCUT2D eigenvalue weighted by Gasteiger charge is -2.27. The van der Waals surface area contributed by atoms with Crippen LogP contribution in [0.2, 0.25) is 0 Å². The summed E-state index contributed by atoms with van der Waals surface area (Å²) in [7, 11) is 0. The van der Waals surface area contributed by atoms with Gasteiger partial charge in [-0.3, -0.25) is 9.69 Å². The second-order valence-corrected chi connectivity index (χ2v) is 7.61. The van der Waals surface area contributed by atoms with Crippen LogP contribution in [0.15, 0.2) is 46.2 Å². The van der Waals surface area contributed by atoms with Crippen molar-refractivity contribution in [2.45, 2.75) is 16.2 Å². The molecule has 0 radical (unpaired) electrons. The Bertz CT molecular complexity index is 911. The van der Waals surface area contributed by atoms with E-state index >= 15 is 0 Å². The van der Waals surface area contributed by atoms with Crippen molar-refractivity contribution in [2.75, 3.05) is 38.2 Å². The number of para-hydroxylation sites is 1. The van der Waals surface area contributed by atoms with Gasteiger partial charge in [-0.2, -0.15) is 0 Å². The van der Waals surface area contributed by atoms with E-state index in [9.17, 15) is 9.59 Å². The maximum absolute atomic E-state index is 13.1. The molecular weight excluding hydrogens is 380 g/mol. The molecule has 0 unspecified atom stereocenters. The molecule has 0 saturated carbocycles. The lowest BCUT2D eigenvalue weighted by molar-refractivity contribution is 0.0370. The van der Waals surface area contributed by atoms with Crippen molar-refractivity contribution in [1.29, 1.82) is 0 Å². The zero-order valence-electron chi connectivity index (χ0n) is 15.1. The van der Waals surface area contributed by atoms with E-state index in [1.807, 2.05) is 24.3 Å². The van der Waals surface area contributed by atoms with Crippen LogP contribution in [0.25, 0.3) is 0 Å². The molecule has 0 spiro atoms. The molecule has 2 aromatic rings. The molecule has 4 rings (SSSR count). The van der Waals surface area contributed by atoms with Crippen molar-refractivity contribution < 1.29 is 24.2 Å². The number of hydrogen-bond acceptors (Lipinski definition) is 7. The number of fused-ring (bicyclic) bond motifs is 2. The molecule has 28 heavy (non-hydrogen) atoms. The first-order valence-electron chi connectivity index (χ1n) is 9.07. The minimum absolute atomic E-state index is 0.0608. The predicted molar refractivity (Wildman–Crippen MR) is 105 cm³/mol. The van der Waals surface area contributed by atoms with E-state index in [0.717, 1.165) is 28.6 Å². The molecule has 2 aliphatic rings. The van der Waals surface area contributed by atoms with Crippen molar-refractivity contribution in [3.05, 3.63) is 42.0 Å². The number of nitrogens with zero attached hydrogens (tertiary/aromatic N) is 1. The molecule has 2 heterocycles. The number of Topliss-reactive ketones (excluding diaryl/α,β-unsaturated/α-hetero) is 1. The summed E-state index contributed by atoms with van der Waals surface area (Å²) in [6, 6.07) is 11.1. The molecule has 1 saturated heterocycles. The normalized spacial score (nSPS) is 15.9. The largest absolute Gasteiger partial charge is 0.511 e. The van der Waals surface area contributed by atoms with Crippen molar-refractivity contribution in [3.8, 4) is 5.75 Å². The quantitative estimate of drug-likeness (QED) is 0.379. The van der Waals surface area contributed by atoms with Crippen LogP contribution in [0.1, 0.15) is 16.8 Å². The van der Waals surface area contributed by atoms with Crippen LogP contribution in [-0.4, -0.2) is 54.8 Å². The number of carbonyl (C=O) groups excluding carboxylic acids is 1. The maximum Gasteiger partial charge on any atom is 0.511 e. The van der Waals surface area contributed by atoms with E-state index in [1.165, 1.54) is 0 Å². The van der Waals surface area contributed by atoms with E-state index in [1.54, 1.807) is 23.9 Å². The van der Waals surface area contributed by atoms with Gasteiger partial charge >= 0.3 is 6.16 Å². The molecular formula is C20H20N2O5S. The molecule has 0 aliphatic carbocycles. The molecule has 1 fully saturated rings. The summed E-state index contributed by atoms with van der Waals surface area (Å²) in [5, 5.41) is 12.4. The third kappa shape index (κ3) is 3.99. The number of carboxylic acid groups (broad SMARTS) is 1. The summed E-state index contributed by atoms with van der Waals surface area (Å²) in [6.07, 6.45) is -1.16. The Labute approximate surface area is 166 Å². The molecule has 0 bridgehead atoms. The lowest BCUT2D eigenvalue weighted by atomic mass is 10.0. The van der Waals surface area contributed by atoms with Crippen molar-refractivity contribution in [3.63, 3.8) is 0 Å². The molecule has 0 atom stereocenters. The van der Waals surface area contributed by atoms with Crippen LogP contribution in [-0.2, 0) is 4.74 Å². The highest BCUT2D eigenvalue weighted by Crippen LogP contribution is 2.47. The Morgan fingerprint density at radius 3 is 2.71 bits per heavy atom. The van der Waals surface area contributed by atoms with Gasteiger partial charge in [0.05, 0.1) is 30.2 Å². The lowest BCUT2D eigenvalue weighted by Crippen LogP contribution is -2.37. The molecule has 146 valence electrons. The summed E-state index contributed by atoms with van der Waals surface area (Å²) >= 11 is 1.54. The fourth-order valence-electron chi connectivity index (χ4n) is 3.35. The summed E-state index contributed by atoms with van der Waals surface area (Å²) in [5.74, 6) is -0.0854. The van der Waals surface area contributed by atoms with Crippen LogP contribution in [0, 0.1) is 0 Å². The number of benzene rings is 2. The minimum atomic E-state index is -1.44. The average Bonchev–Trinajstić information content (AvgIpc) is 2.71. The number of rotatable bonds is 5. The highest BCUT2D eigenvalue weighted by molar-refractivity contribution is 7.99. The van der Waals surface area contributed by atoms with E-state index < -0.39 is 6.16 Å². The second-order valence-electron chi connectivity index (χ2n) is 6.53. The molecule has 2 N–H and O–H groups in total. The van der Waals surface area contributed by atoms with Gasteiger partial charge < -0.3 is 19.9 Å². The van der Waals surface area contributed by atoms with E-state index in [0.29, 0.717) is 25.4 Å². The van der Waals surface area contributed by atoms with Crippen molar-refractivity contribution in [2.24, 2.45) is 0 Å². The summed E-state index contributed by atoms with van der Waals surface area (Å²) in [6.45, 7) is 3.51. The summed E-state index contributed by atoms with van der Waals surface area (Å²) in [4.78, 5) is 28.3. The second kappa shape index (κ2) is 8.22. The Kier molecular flexibility index (Phi) is 5.52. The number of ether oxygens (including phenoxy) is 2. The predicted octanol–water partition coefficient (Wildman–Crippen LogP) is 3.86. The van der Waals surface area contributed by atoms with Gasteiger partial charge in [-0.15, -0.1) is 0 Å². The van der Waals surface area contributed by atoms with E-state index in [4.69, 9.17) is 14.6 Å².